The molecular weight excluding hydrogens is 418 g/mol. The highest BCUT2D eigenvalue weighted by molar-refractivity contribution is 8.26. The summed E-state index contributed by atoms with van der Waals surface area (Å²) in [5, 5.41) is 0. The van der Waals surface area contributed by atoms with E-state index >= 15 is 0 Å². The van der Waals surface area contributed by atoms with Crippen LogP contribution in [0.2, 0.25) is 0 Å². The van der Waals surface area contributed by atoms with E-state index in [1.165, 1.54) is 29.3 Å². The lowest BCUT2D eigenvalue weighted by atomic mass is 10.2. The van der Waals surface area contributed by atoms with Gasteiger partial charge in [-0.2, -0.15) is 0 Å². The van der Waals surface area contributed by atoms with E-state index in [0.29, 0.717) is 28.8 Å². The van der Waals surface area contributed by atoms with E-state index in [9.17, 15) is 9.59 Å². The van der Waals surface area contributed by atoms with Crippen molar-refractivity contribution < 1.29 is 19.1 Å². The second kappa shape index (κ2) is 10.9. The topological polar surface area (TPSA) is 55.8 Å². The van der Waals surface area contributed by atoms with Gasteiger partial charge in [0.05, 0.1) is 18.6 Å². The number of benzene rings is 2. The third-order valence-corrected chi connectivity index (χ3v) is 5.92. The molecule has 5 nitrogen and oxygen atoms in total. The lowest BCUT2D eigenvalue weighted by Gasteiger charge is -2.13. The van der Waals surface area contributed by atoms with Crippen LogP contribution >= 0.6 is 24.0 Å². The van der Waals surface area contributed by atoms with Crippen molar-refractivity contribution in [1.29, 1.82) is 0 Å². The monoisotopic (exact) mass is 441 g/mol. The highest BCUT2D eigenvalue weighted by Gasteiger charge is 2.31. The Labute approximate surface area is 186 Å². The molecule has 0 radical (unpaired) electrons. The maximum Gasteiger partial charge on any atom is 0.305 e. The molecule has 0 spiro atoms. The molecule has 0 unspecified atom stereocenters. The summed E-state index contributed by atoms with van der Waals surface area (Å²) in [5.74, 6) is 0.374. The van der Waals surface area contributed by atoms with Gasteiger partial charge in [0, 0.05) is 19.4 Å². The van der Waals surface area contributed by atoms with E-state index < -0.39 is 0 Å². The second-order valence-corrected chi connectivity index (χ2v) is 8.34. The summed E-state index contributed by atoms with van der Waals surface area (Å²) in [6.45, 7) is 1.01. The third-order valence-electron chi connectivity index (χ3n) is 4.54. The van der Waals surface area contributed by atoms with Crippen LogP contribution in [0, 0.1) is 0 Å². The summed E-state index contributed by atoms with van der Waals surface area (Å²) in [6, 6.07) is 17.8. The van der Waals surface area contributed by atoms with Gasteiger partial charge in [-0.3, -0.25) is 14.5 Å². The first kappa shape index (κ1) is 22.1. The molecule has 7 heteroatoms. The normalized spacial score (nSPS) is 15.0. The van der Waals surface area contributed by atoms with Gasteiger partial charge in [0.1, 0.15) is 10.1 Å². The van der Waals surface area contributed by atoms with Crippen LogP contribution in [0.5, 0.6) is 5.75 Å². The van der Waals surface area contributed by atoms with Crippen molar-refractivity contribution in [2.45, 2.75) is 19.3 Å². The van der Waals surface area contributed by atoms with E-state index in [1.54, 1.807) is 0 Å². The molecule has 0 bridgehead atoms. The van der Waals surface area contributed by atoms with Crippen LogP contribution in [0.4, 0.5) is 0 Å². The van der Waals surface area contributed by atoms with Gasteiger partial charge in [-0.05, 0) is 35.8 Å². The number of carbonyl (C=O) groups excluding carboxylic acids is 2. The average Bonchev–Trinajstić information content (AvgIpc) is 3.03. The molecular formula is C23H23NO4S2. The van der Waals surface area contributed by atoms with Crippen LogP contribution in [-0.2, 0) is 20.7 Å². The Bertz CT molecular complexity index is 926. The molecule has 0 saturated carbocycles. The van der Waals surface area contributed by atoms with Crippen molar-refractivity contribution >= 4 is 46.3 Å². The highest BCUT2D eigenvalue weighted by Crippen LogP contribution is 2.33. The number of methoxy groups -OCH3 is 1. The van der Waals surface area contributed by atoms with Crippen LogP contribution in [-0.4, -0.2) is 41.4 Å². The number of thiocarbonyl (C=S) groups is 1. The summed E-state index contributed by atoms with van der Waals surface area (Å²) in [6.07, 6.45) is 3.45. The minimum atomic E-state index is -0.290. The number of esters is 1. The van der Waals surface area contributed by atoms with Gasteiger partial charge in [0.2, 0.25) is 0 Å². The lowest BCUT2D eigenvalue weighted by molar-refractivity contribution is -0.141. The summed E-state index contributed by atoms with van der Waals surface area (Å²) < 4.78 is 10.9. The molecule has 1 aliphatic heterocycles. The average molecular weight is 442 g/mol. The molecule has 2 aromatic carbocycles. The Hall–Kier alpha value is -2.64. The molecule has 30 heavy (non-hydrogen) atoms. The fourth-order valence-electron chi connectivity index (χ4n) is 2.92. The Kier molecular flexibility index (Phi) is 8.04. The Balaban J connectivity index is 1.52. The van der Waals surface area contributed by atoms with Crippen LogP contribution in [0.15, 0.2) is 59.5 Å². The molecule has 0 aliphatic carbocycles. The van der Waals surface area contributed by atoms with Gasteiger partial charge in [-0.25, -0.2) is 0 Å². The van der Waals surface area contributed by atoms with Crippen LogP contribution in [0.3, 0.4) is 0 Å². The zero-order chi connectivity index (χ0) is 21.3. The second-order valence-electron chi connectivity index (χ2n) is 6.67. The Morgan fingerprint density at radius 1 is 1.13 bits per heavy atom. The number of nitrogens with zero attached hydrogens (tertiary/aromatic N) is 1. The van der Waals surface area contributed by atoms with Gasteiger partial charge >= 0.3 is 5.97 Å². The first-order valence-corrected chi connectivity index (χ1v) is 10.9. The maximum absolute atomic E-state index is 12.6. The maximum atomic E-state index is 12.6. The zero-order valence-electron chi connectivity index (χ0n) is 16.7. The predicted octanol–water partition coefficient (Wildman–Crippen LogP) is 4.46. The van der Waals surface area contributed by atoms with Crippen molar-refractivity contribution in [3.8, 4) is 5.75 Å². The van der Waals surface area contributed by atoms with E-state index in [-0.39, 0.29) is 18.3 Å². The molecule has 1 amide bonds. The molecule has 0 aromatic heterocycles. The smallest absolute Gasteiger partial charge is 0.305 e. The molecule has 1 saturated heterocycles. The van der Waals surface area contributed by atoms with Gasteiger partial charge in [0.15, 0.2) is 0 Å². The largest absolute Gasteiger partial charge is 0.493 e. The standard InChI is InChI=1S/C23H23NO4S2/c1-27-21(25)8-5-14-24-22(26)20(30-23(24)29)16-18-9-11-19(12-10-18)28-15-13-17-6-3-2-4-7-17/h2-4,6-7,9-12,16H,5,8,13-15H2,1H3/b20-16-. The van der Waals surface area contributed by atoms with Gasteiger partial charge < -0.3 is 9.47 Å². The summed E-state index contributed by atoms with van der Waals surface area (Å²) >= 11 is 6.60. The Morgan fingerprint density at radius 2 is 1.87 bits per heavy atom. The van der Waals surface area contributed by atoms with E-state index in [1.807, 2.05) is 48.5 Å². The van der Waals surface area contributed by atoms with E-state index in [2.05, 4.69) is 16.9 Å². The van der Waals surface area contributed by atoms with Crippen molar-refractivity contribution in [3.05, 3.63) is 70.6 Å². The molecule has 0 N–H and O–H groups in total. The number of hydrogen-bond donors (Lipinski definition) is 0. The van der Waals surface area contributed by atoms with Gasteiger partial charge in [0.25, 0.3) is 5.91 Å². The SMILES string of the molecule is COC(=O)CCCN1C(=O)/C(=C/c2ccc(OCCc3ccccc3)cc2)SC1=S. The molecule has 1 heterocycles. The number of rotatable bonds is 9. The van der Waals surface area contributed by atoms with E-state index in [0.717, 1.165) is 17.7 Å². The summed E-state index contributed by atoms with van der Waals surface area (Å²) in [5.41, 5.74) is 2.14. The number of carbonyl (C=O) groups is 2. The number of thioether (sulfide) groups is 1. The van der Waals surface area contributed by atoms with Crippen LogP contribution in [0.25, 0.3) is 6.08 Å². The molecule has 2 aromatic rings. The quantitative estimate of drug-likeness (QED) is 0.325. The fraction of sp³-hybridized carbons (Fsp3) is 0.261. The lowest BCUT2D eigenvalue weighted by Crippen LogP contribution is -2.29. The zero-order valence-corrected chi connectivity index (χ0v) is 18.3. The Morgan fingerprint density at radius 3 is 2.57 bits per heavy atom. The highest BCUT2D eigenvalue weighted by atomic mass is 32.2. The van der Waals surface area contributed by atoms with Crippen molar-refractivity contribution in [2.75, 3.05) is 20.3 Å². The molecule has 0 atom stereocenters. The minimum Gasteiger partial charge on any atom is -0.493 e. The van der Waals surface area contributed by atoms with Crippen molar-refractivity contribution in [2.24, 2.45) is 0 Å². The van der Waals surface area contributed by atoms with E-state index in [4.69, 9.17) is 17.0 Å². The van der Waals surface area contributed by atoms with Crippen molar-refractivity contribution in [1.82, 2.24) is 4.90 Å². The van der Waals surface area contributed by atoms with Crippen LogP contribution < -0.4 is 4.74 Å². The summed E-state index contributed by atoms with van der Waals surface area (Å²) in [4.78, 5) is 26.0. The number of ether oxygens (including phenoxy) is 2. The number of hydrogen-bond acceptors (Lipinski definition) is 6. The molecule has 1 fully saturated rings. The predicted molar refractivity (Wildman–Crippen MR) is 123 cm³/mol. The molecule has 1 aliphatic rings. The molecule has 3 rings (SSSR count). The number of amides is 1. The van der Waals surface area contributed by atoms with Gasteiger partial charge in [-0.15, -0.1) is 0 Å². The first-order chi connectivity index (χ1) is 14.6. The van der Waals surface area contributed by atoms with Gasteiger partial charge in [-0.1, -0.05) is 66.4 Å². The van der Waals surface area contributed by atoms with Crippen molar-refractivity contribution in [3.63, 3.8) is 0 Å². The summed E-state index contributed by atoms with van der Waals surface area (Å²) in [7, 11) is 1.35. The first-order valence-electron chi connectivity index (χ1n) is 9.66. The van der Waals surface area contributed by atoms with Crippen LogP contribution in [0.1, 0.15) is 24.0 Å². The molecule has 156 valence electrons. The fourth-order valence-corrected chi connectivity index (χ4v) is 4.23. The minimum absolute atomic E-state index is 0.127. The third kappa shape index (κ3) is 6.18.